The summed E-state index contributed by atoms with van der Waals surface area (Å²) in [5, 5.41) is 3.49. The molecule has 0 saturated carbocycles. The molecule has 3 aromatic carbocycles. The topological polar surface area (TPSA) is 58.6 Å². The zero-order valence-electron chi connectivity index (χ0n) is 18.7. The summed E-state index contributed by atoms with van der Waals surface area (Å²) in [6.07, 6.45) is 1.22. The minimum atomic E-state index is -0.672. The molecule has 0 aliphatic rings. The largest absolute Gasteiger partial charge is 0.484 e. The summed E-state index contributed by atoms with van der Waals surface area (Å²) in [6.45, 7) is 2.66. The van der Waals surface area contributed by atoms with Crippen LogP contribution in [0.25, 0.3) is 0 Å². The van der Waals surface area contributed by atoms with Crippen LogP contribution < -0.4 is 10.1 Å². The second-order valence-corrected chi connectivity index (χ2v) is 8.19. The number of halogens is 1. The van der Waals surface area contributed by atoms with Gasteiger partial charge in [0.25, 0.3) is 5.91 Å². The van der Waals surface area contributed by atoms with Crippen molar-refractivity contribution in [2.75, 3.05) is 13.2 Å². The van der Waals surface area contributed by atoms with Crippen molar-refractivity contribution in [2.45, 2.75) is 32.4 Å². The number of carbonyl (C=O) groups is 2. The Labute approximate surface area is 200 Å². The highest BCUT2D eigenvalue weighted by atomic mass is 35.5. The maximum Gasteiger partial charge on any atom is 0.261 e. The molecule has 1 unspecified atom stereocenters. The van der Waals surface area contributed by atoms with Crippen LogP contribution in [0.4, 0.5) is 0 Å². The van der Waals surface area contributed by atoms with Crippen LogP contribution in [-0.2, 0) is 22.6 Å². The molecular formula is C27H29ClN2O3. The van der Waals surface area contributed by atoms with Gasteiger partial charge in [0.05, 0.1) is 0 Å². The van der Waals surface area contributed by atoms with E-state index >= 15 is 0 Å². The Balaban J connectivity index is 1.86. The molecule has 1 atom stereocenters. The first kappa shape index (κ1) is 24.3. The number of carbonyl (C=O) groups excluding carboxylic acids is 2. The number of rotatable bonds is 11. The Kier molecular flexibility index (Phi) is 9.33. The number of benzene rings is 3. The van der Waals surface area contributed by atoms with E-state index in [-0.39, 0.29) is 18.4 Å². The van der Waals surface area contributed by atoms with Crippen LogP contribution in [0.5, 0.6) is 5.75 Å². The maximum absolute atomic E-state index is 13.4. The fourth-order valence-corrected chi connectivity index (χ4v) is 3.67. The number of hydrogen-bond acceptors (Lipinski definition) is 3. The molecule has 0 aliphatic carbocycles. The van der Waals surface area contributed by atoms with Crippen LogP contribution >= 0.6 is 11.6 Å². The van der Waals surface area contributed by atoms with Gasteiger partial charge in [0.1, 0.15) is 11.8 Å². The highest BCUT2D eigenvalue weighted by Crippen LogP contribution is 2.19. The van der Waals surface area contributed by atoms with Gasteiger partial charge < -0.3 is 15.0 Å². The van der Waals surface area contributed by atoms with Crippen molar-refractivity contribution in [1.29, 1.82) is 0 Å². The van der Waals surface area contributed by atoms with E-state index in [0.29, 0.717) is 30.3 Å². The van der Waals surface area contributed by atoms with Gasteiger partial charge in [-0.15, -0.1) is 0 Å². The molecule has 0 heterocycles. The van der Waals surface area contributed by atoms with Gasteiger partial charge in [-0.05, 0) is 35.7 Å². The van der Waals surface area contributed by atoms with Gasteiger partial charge in [-0.2, -0.15) is 0 Å². The van der Waals surface area contributed by atoms with Crippen molar-refractivity contribution in [3.8, 4) is 5.75 Å². The fourth-order valence-electron chi connectivity index (χ4n) is 3.48. The molecule has 0 radical (unpaired) electrons. The molecule has 5 nitrogen and oxygen atoms in total. The lowest BCUT2D eigenvalue weighted by Gasteiger charge is -2.31. The number of amides is 2. The second kappa shape index (κ2) is 12.7. The van der Waals surface area contributed by atoms with Crippen LogP contribution in [-0.4, -0.2) is 35.9 Å². The van der Waals surface area contributed by atoms with E-state index in [4.69, 9.17) is 16.3 Å². The molecule has 0 aliphatic heterocycles. The summed E-state index contributed by atoms with van der Waals surface area (Å²) < 4.78 is 5.72. The SMILES string of the molecule is CCCNC(=O)C(Cc1ccccc1)N(Cc1ccccc1)C(=O)COc1cccc(Cl)c1. The molecular weight excluding hydrogens is 436 g/mol. The number of ether oxygens (including phenoxy) is 1. The van der Waals surface area contributed by atoms with Crippen molar-refractivity contribution in [2.24, 2.45) is 0 Å². The van der Waals surface area contributed by atoms with Gasteiger partial charge in [0.15, 0.2) is 6.61 Å². The lowest BCUT2D eigenvalue weighted by molar-refractivity contribution is -0.142. The Morgan fingerprint density at radius 2 is 1.61 bits per heavy atom. The molecule has 2 amide bonds. The fraction of sp³-hybridized carbons (Fsp3) is 0.259. The number of nitrogens with one attached hydrogen (secondary N) is 1. The summed E-state index contributed by atoms with van der Waals surface area (Å²) >= 11 is 6.03. The Hall–Kier alpha value is -3.31. The standard InChI is InChI=1S/C27H29ClN2O3/c1-2-16-29-27(32)25(17-21-10-5-3-6-11-21)30(19-22-12-7-4-8-13-22)26(31)20-33-24-15-9-14-23(28)18-24/h3-15,18,25H,2,16-17,19-20H2,1H3,(H,29,32). The summed E-state index contributed by atoms with van der Waals surface area (Å²) in [4.78, 5) is 28.2. The molecule has 3 rings (SSSR count). The number of hydrogen-bond donors (Lipinski definition) is 1. The van der Waals surface area contributed by atoms with Gasteiger partial charge in [0, 0.05) is 24.5 Å². The van der Waals surface area contributed by atoms with Crippen molar-refractivity contribution < 1.29 is 14.3 Å². The maximum atomic E-state index is 13.4. The third kappa shape index (κ3) is 7.65. The molecule has 3 aromatic rings. The average Bonchev–Trinajstić information content (AvgIpc) is 2.84. The summed E-state index contributed by atoms with van der Waals surface area (Å²) in [6, 6.07) is 25.6. The quantitative estimate of drug-likeness (QED) is 0.439. The van der Waals surface area contributed by atoms with E-state index in [1.807, 2.05) is 67.6 Å². The van der Waals surface area contributed by atoms with Gasteiger partial charge in [-0.1, -0.05) is 85.3 Å². The van der Waals surface area contributed by atoms with Crippen LogP contribution in [0.2, 0.25) is 5.02 Å². The van der Waals surface area contributed by atoms with Crippen molar-refractivity contribution in [3.05, 3.63) is 101 Å². The van der Waals surface area contributed by atoms with E-state index < -0.39 is 6.04 Å². The highest BCUT2D eigenvalue weighted by Gasteiger charge is 2.30. The second-order valence-electron chi connectivity index (χ2n) is 7.75. The first-order chi connectivity index (χ1) is 16.1. The van der Waals surface area contributed by atoms with E-state index in [1.54, 1.807) is 29.2 Å². The van der Waals surface area contributed by atoms with Gasteiger partial charge in [0.2, 0.25) is 5.91 Å². The first-order valence-corrected chi connectivity index (χ1v) is 11.5. The van der Waals surface area contributed by atoms with E-state index in [1.165, 1.54) is 0 Å². The van der Waals surface area contributed by atoms with Crippen LogP contribution in [0.3, 0.4) is 0 Å². The molecule has 0 aromatic heterocycles. The molecule has 0 bridgehead atoms. The third-order valence-corrected chi connectivity index (χ3v) is 5.41. The summed E-state index contributed by atoms with van der Waals surface area (Å²) in [5.74, 6) is 0.0599. The zero-order valence-corrected chi connectivity index (χ0v) is 19.5. The van der Waals surface area contributed by atoms with Crippen molar-refractivity contribution >= 4 is 23.4 Å². The summed E-state index contributed by atoms with van der Waals surface area (Å²) in [7, 11) is 0. The average molecular weight is 465 g/mol. The van der Waals surface area contributed by atoms with Crippen molar-refractivity contribution in [3.63, 3.8) is 0 Å². The Bertz CT molecular complexity index is 1030. The van der Waals surface area contributed by atoms with Crippen LogP contribution in [0.15, 0.2) is 84.9 Å². The molecule has 172 valence electrons. The molecule has 0 spiro atoms. The lowest BCUT2D eigenvalue weighted by atomic mass is 10.0. The van der Waals surface area contributed by atoms with Crippen LogP contribution in [0, 0.1) is 0 Å². The van der Waals surface area contributed by atoms with E-state index in [0.717, 1.165) is 17.5 Å². The normalized spacial score (nSPS) is 11.5. The van der Waals surface area contributed by atoms with Gasteiger partial charge in [-0.25, -0.2) is 0 Å². The number of nitrogens with zero attached hydrogens (tertiary/aromatic N) is 1. The van der Waals surface area contributed by atoms with E-state index in [2.05, 4.69) is 5.32 Å². The minimum absolute atomic E-state index is 0.173. The smallest absolute Gasteiger partial charge is 0.261 e. The van der Waals surface area contributed by atoms with Crippen molar-refractivity contribution in [1.82, 2.24) is 10.2 Å². The predicted molar refractivity (Wildman–Crippen MR) is 131 cm³/mol. The third-order valence-electron chi connectivity index (χ3n) is 5.17. The molecule has 0 saturated heterocycles. The summed E-state index contributed by atoms with van der Waals surface area (Å²) in [5.41, 5.74) is 1.92. The minimum Gasteiger partial charge on any atom is -0.484 e. The molecule has 1 N–H and O–H groups in total. The predicted octanol–water partition coefficient (Wildman–Crippen LogP) is 4.89. The lowest BCUT2D eigenvalue weighted by Crippen LogP contribution is -2.51. The molecule has 6 heteroatoms. The molecule has 33 heavy (non-hydrogen) atoms. The van der Waals surface area contributed by atoms with E-state index in [9.17, 15) is 9.59 Å². The zero-order chi connectivity index (χ0) is 23.5. The van der Waals surface area contributed by atoms with Gasteiger partial charge in [-0.3, -0.25) is 9.59 Å². The Morgan fingerprint density at radius 1 is 0.939 bits per heavy atom. The first-order valence-electron chi connectivity index (χ1n) is 11.1. The van der Waals surface area contributed by atoms with Crippen LogP contribution in [0.1, 0.15) is 24.5 Å². The Morgan fingerprint density at radius 3 is 2.24 bits per heavy atom. The molecule has 0 fully saturated rings. The monoisotopic (exact) mass is 464 g/mol. The highest BCUT2D eigenvalue weighted by molar-refractivity contribution is 6.30. The van der Waals surface area contributed by atoms with Gasteiger partial charge >= 0.3 is 0 Å².